The van der Waals surface area contributed by atoms with Gasteiger partial charge < -0.3 is 44.2 Å². The standard InChI is InChI=1S/C19H40N2O7/c20-3-6-22-7-8-23-9-10-24-11-12-25-13-14-26-15-16-27-17-18-28-19-1-4-21-5-2-19/h19,21H,1-18,20H2. The Labute approximate surface area is 169 Å². The molecule has 0 spiro atoms. The quantitative estimate of drug-likeness (QED) is 0.250. The van der Waals surface area contributed by atoms with E-state index in [2.05, 4.69) is 5.32 Å². The molecule has 0 bridgehead atoms. The minimum absolute atomic E-state index is 0.385. The van der Waals surface area contributed by atoms with Gasteiger partial charge in [-0.3, -0.25) is 0 Å². The molecule has 1 aliphatic heterocycles. The first-order valence-electron chi connectivity index (χ1n) is 10.4. The topological polar surface area (TPSA) is 103 Å². The molecule has 28 heavy (non-hydrogen) atoms. The second-order valence-corrected chi connectivity index (χ2v) is 6.28. The fourth-order valence-corrected chi connectivity index (χ4v) is 2.52. The summed E-state index contributed by atoms with van der Waals surface area (Å²) >= 11 is 0. The summed E-state index contributed by atoms with van der Waals surface area (Å²) in [4.78, 5) is 0. The van der Waals surface area contributed by atoms with E-state index in [0.717, 1.165) is 25.9 Å². The molecule has 1 rings (SSSR count). The smallest absolute Gasteiger partial charge is 0.0704 e. The monoisotopic (exact) mass is 408 g/mol. The largest absolute Gasteiger partial charge is 0.378 e. The third-order valence-electron chi connectivity index (χ3n) is 3.99. The Hall–Kier alpha value is -0.360. The van der Waals surface area contributed by atoms with E-state index >= 15 is 0 Å². The van der Waals surface area contributed by atoms with Gasteiger partial charge in [-0.05, 0) is 25.9 Å². The van der Waals surface area contributed by atoms with E-state index in [1.54, 1.807) is 0 Å². The summed E-state index contributed by atoms with van der Waals surface area (Å²) in [7, 11) is 0. The van der Waals surface area contributed by atoms with Gasteiger partial charge in [0, 0.05) is 6.54 Å². The van der Waals surface area contributed by atoms with Crippen molar-refractivity contribution in [2.24, 2.45) is 5.73 Å². The third-order valence-corrected chi connectivity index (χ3v) is 3.99. The predicted molar refractivity (Wildman–Crippen MR) is 106 cm³/mol. The SMILES string of the molecule is NCCOCCOCCOCCOCCOCCOCCOC1CCNCC1. The molecular formula is C19H40N2O7. The van der Waals surface area contributed by atoms with E-state index in [1.165, 1.54) is 0 Å². The lowest BCUT2D eigenvalue weighted by atomic mass is 10.1. The number of rotatable bonds is 21. The fourth-order valence-electron chi connectivity index (χ4n) is 2.52. The second-order valence-electron chi connectivity index (χ2n) is 6.28. The summed E-state index contributed by atoms with van der Waals surface area (Å²) in [6.45, 7) is 10.1. The van der Waals surface area contributed by atoms with Crippen molar-refractivity contribution in [2.75, 3.05) is 106 Å². The van der Waals surface area contributed by atoms with Gasteiger partial charge in [0.1, 0.15) is 0 Å². The average molecular weight is 409 g/mol. The lowest BCUT2D eigenvalue weighted by Gasteiger charge is -2.22. The second kappa shape index (κ2) is 21.4. The first kappa shape index (κ1) is 25.7. The molecule has 9 nitrogen and oxygen atoms in total. The molecule has 1 aliphatic rings. The van der Waals surface area contributed by atoms with Crippen molar-refractivity contribution in [3.63, 3.8) is 0 Å². The Balaban J connectivity index is 1.64. The Bertz CT molecular complexity index is 308. The summed E-state index contributed by atoms with van der Waals surface area (Å²) in [5.41, 5.74) is 5.31. The van der Waals surface area contributed by atoms with Crippen LogP contribution < -0.4 is 11.1 Å². The Morgan fingerprint density at radius 2 is 0.893 bits per heavy atom. The highest BCUT2D eigenvalue weighted by atomic mass is 16.6. The molecule has 0 aromatic carbocycles. The highest BCUT2D eigenvalue weighted by Crippen LogP contribution is 2.06. The molecule has 0 aromatic heterocycles. The summed E-state index contributed by atoms with van der Waals surface area (Å²) in [5, 5.41) is 3.32. The molecule has 0 aliphatic carbocycles. The first-order chi connectivity index (χ1) is 13.9. The van der Waals surface area contributed by atoms with Crippen molar-refractivity contribution in [3.05, 3.63) is 0 Å². The molecule has 0 saturated carbocycles. The van der Waals surface area contributed by atoms with Crippen molar-refractivity contribution in [2.45, 2.75) is 18.9 Å². The minimum Gasteiger partial charge on any atom is -0.378 e. The van der Waals surface area contributed by atoms with Gasteiger partial charge in [0.2, 0.25) is 0 Å². The molecule has 9 heteroatoms. The Morgan fingerprint density at radius 1 is 0.536 bits per heavy atom. The molecule has 1 fully saturated rings. The van der Waals surface area contributed by atoms with Crippen LogP contribution in [0.25, 0.3) is 0 Å². The molecule has 0 unspecified atom stereocenters. The van der Waals surface area contributed by atoms with Gasteiger partial charge in [0.25, 0.3) is 0 Å². The number of hydrogen-bond donors (Lipinski definition) is 2. The highest BCUT2D eigenvalue weighted by molar-refractivity contribution is 4.67. The van der Waals surface area contributed by atoms with Crippen LogP contribution in [-0.4, -0.2) is 112 Å². The highest BCUT2D eigenvalue weighted by Gasteiger charge is 2.12. The third kappa shape index (κ3) is 17.7. The summed E-state index contributed by atoms with van der Waals surface area (Å²) < 4.78 is 38.1. The molecule has 0 aromatic rings. The summed E-state index contributed by atoms with van der Waals surface area (Å²) in [5.74, 6) is 0. The van der Waals surface area contributed by atoms with Crippen LogP contribution in [-0.2, 0) is 33.2 Å². The van der Waals surface area contributed by atoms with Crippen LogP contribution in [0, 0.1) is 0 Å². The average Bonchev–Trinajstić information content (AvgIpc) is 2.73. The minimum atomic E-state index is 0.385. The number of hydrogen-bond acceptors (Lipinski definition) is 9. The van der Waals surface area contributed by atoms with Crippen LogP contribution in [0.3, 0.4) is 0 Å². The number of ether oxygens (including phenoxy) is 7. The van der Waals surface area contributed by atoms with Gasteiger partial charge >= 0.3 is 0 Å². The molecular weight excluding hydrogens is 368 g/mol. The van der Waals surface area contributed by atoms with E-state index in [0.29, 0.717) is 98.5 Å². The molecule has 0 radical (unpaired) electrons. The van der Waals surface area contributed by atoms with Crippen LogP contribution in [0.1, 0.15) is 12.8 Å². The van der Waals surface area contributed by atoms with Gasteiger partial charge in [-0.2, -0.15) is 0 Å². The number of nitrogens with two attached hydrogens (primary N) is 1. The predicted octanol–water partition coefficient (Wildman–Crippen LogP) is -0.187. The van der Waals surface area contributed by atoms with Crippen LogP contribution in [0.5, 0.6) is 0 Å². The molecule has 168 valence electrons. The van der Waals surface area contributed by atoms with Crippen molar-refractivity contribution in [1.82, 2.24) is 5.32 Å². The molecule has 0 atom stereocenters. The van der Waals surface area contributed by atoms with Crippen molar-refractivity contribution >= 4 is 0 Å². The zero-order valence-corrected chi connectivity index (χ0v) is 17.2. The fraction of sp³-hybridized carbons (Fsp3) is 1.00. The summed E-state index contributed by atoms with van der Waals surface area (Å²) in [6, 6.07) is 0. The maximum Gasteiger partial charge on any atom is 0.0704 e. The summed E-state index contributed by atoms with van der Waals surface area (Å²) in [6.07, 6.45) is 2.57. The lowest BCUT2D eigenvalue weighted by Crippen LogP contribution is -2.33. The van der Waals surface area contributed by atoms with Crippen LogP contribution >= 0.6 is 0 Å². The Kier molecular flexibility index (Phi) is 19.6. The van der Waals surface area contributed by atoms with Gasteiger partial charge in [-0.25, -0.2) is 0 Å². The van der Waals surface area contributed by atoms with Crippen LogP contribution in [0.15, 0.2) is 0 Å². The van der Waals surface area contributed by atoms with Gasteiger partial charge in [-0.1, -0.05) is 0 Å². The van der Waals surface area contributed by atoms with E-state index in [-0.39, 0.29) is 0 Å². The van der Waals surface area contributed by atoms with Gasteiger partial charge in [-0.15, -0.1) is 0 Å². The molecule has 0 amide bonds. The maximum atomic E-state index is 5.76. The van der Waals surface area contributed by atoms with Crippen LogP contribution in [0.4, 0.5) is 0 Å². The van der Waals surface area contributed by atoms with Crippen LogP contribution in [0.2, 0.25) is 0 Å². The van der Waals surface area contributed by atoms with Gasteiger partial charge in [0.15, 0.2) is 0 Å². The van der Waals surface area contributed by atoms with Gasteiger partial charge in [0.05, 0.1) is 92.0 Å². The lowest BCUT2D eigenvalue weighted by molar-refractivity contribution is -0.0306. The zero-order valence-electron chi connectivity index (χ0n) is 17.2. The van der Waals surface area contributed by atoms with Crippen molar-refractivity contribution < 1.29 is 33.2 Å². The zero-order chi connectivity index (χ0) is 20.0. The van der Waals surface area contributed by atoms with E-state index in [4.69, 9.17) is 38.9 Å². The van der Waals surface area contributed by atoms with E-state index < -0.39 is 0 Å². The number of piperidine rings is 1. The normalized spacial score (nSPS) is 15.3. The number of nitrogens with one attached hydrogen (secondary N) is 1. The Morgan fingerprint density at radius 3 is 1.29 bits per heavy atom. The first-order valence-corrected chi connectivity index (χ1v) is 10.4. The molecule has 3 N–H and O–H groups in total. The van der Waals surface area contributed by atoms with E-state index in [1.807, 2.05) is 0 Å². The molecule has 1 heterocycles. The van der Waals surface area contributed by atoms with Crippen molar-refractivity contribution in [3.8, 4) is 0 Å². The molecule has 1 saturated heterocycles. The van der Waals surface area contributed by atoms with E-state index in [9.17, 15) is 0 Å². The van der Waals surface area contributed by atoms with Crippen molar-refractivity contribution in [1.29, 1.82) is 0 Å². The maximum absolute atomic E-state index is 5.76.